The summed E-state index contributed by atoms with van der Waals surface area (Å²) in [5.41, 5.74) is 1.23. The van der Waals surface area contributed by atoms with E-state index in [-0.39, 0.29) is 30.4 Å². The van der Waals surface area contributed by atoms with E-state index in [2.05, 4.69) is 4.99 Å². The van der Waals surface area contributed by atoms with E-state index in [1.165, 1.54) is 18.5 Å². The fourth-order valence-electron chi connectivity index (χ4n) is 1.16. The summed E-state index contributed by atoms with van der Waals surface area (Å²) in [7, 11) is 0. The van der Waals surface area contributed by atoms with E-state index in [1.807, 2.05) is 0 Å². The summed E-state index contributed by atoms with van der Waals surface area (Å²) in [6, 6.07) is 0. The SMILES string of the molecule is Cl.O=C1C=C2C=NC=C2C(=O)C1. The van der Waals surface area contributed by atoms with E-state index in [0.29, 0.717) is 11.1 Å². The average molecular weight is 184 g/mol. The molecule has 12 heavy (non-hydrogen) atoms. The maximum Gasteiger partial charge on any atom is 0.172 e. The second kappa shape index (κ2) is 3.03. The van der Waals surface area contributed by atoms with Crippen molar-refractivity contribution in [2.24, 2.45) is 4.99 Å². The van der Waals surface area contributed by atoms with Gasteiger partial charge in [-0.25, -0.2) is 0 Å². The summed E-state index contributed by atoms with van der Waals surface area (Å²) in [4.78, 5) is 25.7. The fraction of sp³-hybridized carbons (Fsp3) is 0.125. The average Bonchev–Trinajstić information content (AvgIpc) is 2.34. The number of hydrogen-bond acceptors (Lipinski definition) is 3. The predicted molar refractivity (Wildman–Crippen MR) is 46.5 cm³/mol. The number of Topliss-reactive ketones (excluding diaryl/α,β-unsaturated/α-hetero) is 1. The molecule has 2 rings (SSSR count). The molecule has 3 nitrogen and oxygen atoms in total. The topological polar surface area (TPSA) is 46.5 Å². The highest BCUT2D eigenvalue weighted by molar-refractivity contribution is 6.22. The molecule has 4 heteroatoms. The van der Waals surface area contributed by atoms with Crippen molar-refractivity contribution in [2.45, 2.75) is 6.42 Å². The van der Waals surface area contributed by atoms with Crippen LogP contribution in [0, 0.1) is 0 Å². The normalized spacial score (nSPS) is 19.7. The van der Waals surface area contributed by atoms with Crippen LogP contribution < -0.4 is 0 Å². The maximum absolute atomic E-state index is 11.1. The van der Waals surface area contributed by atoms with Gasteiger partial charge in [0.2, 0.25) is 0 Å². The quantitative estimate of drug-likeness (QED) is 0.523. The first-order valence-corrected chi connectivity index (χ1v) is 3.29. The minimum atomic E-state index is -0.129. The van der Waals surface area contributed by atoms with Crippen LogP contribution in [-0.4, -0.2) is 17.8 Å². The standard InChI is InChI=1S/C8H5NO2.ClH/c10-6-1-5-3-9-4-7(5)8(11)2-6;/h1,3-4H,2H2;1H. The van der Waals surface area contributed by atoms with Gasteiger partial charge in [0.15, 0.2) is 11.6 Å². The Morgan fingerprint density at radius 2 is 2.08 bits per heavy atom. The van der Waals surface area contributed by atoms with Crippen molar-refractivity contribution in [2.75, 3.05) is 0 Å². The molecule has 0 spiro atoms. The van der Waals surface area contributed by atoms with Gasteiger partial charge in [-0.2, -0.15) is 0 Å². The van der Waals surface area contributed by atoms with Crippen LogP contribution in [0.25, 0.3) is 0 Å². The van der Waals surface area contributed by atoms with E-state index in [1.54, 1.807) is 0 Å². The number of allylic oxidation sites excluding steroid dienone is 3. The van der Waals surface area contributed by atoms with Gasteiger partial charge in [0.05, 0.1) is 6.42 Å². The Balaban J connectivity index is 0.000000720. The van der Waals surface area contributed by atoms with Gasteiger partial charge < -0.3 is 0 Å². The third kappa shape index (κ3) is 1.23. The molecule has 1 heterocycles. The Kier molecular flexibility index (Phi) is 2.24. The minimum Gasteiger partial charge on any atom is -0.294 e. The van der Waals surface area contributed by atoms with E-state index >= 15 is 0 Å². The summed E-state index contributed by atoms with van der Waals surface area (Å²) < 4.78 is 0. The van der Waals surface area contributed by atoms with Crippen LogP contribution in [-0.2, 0) is 9.59 Å². The lowest BCUT2D eigenvalue weighted by Gasteiger charge is -2.06. The largest absolute Gasteiger partial charge is 0.294 e. The van der Waals surface area contributed by atoms with Crippen molar-refractivity contribution in [1.82, 2.24) is 0 Å². The molecule has 0 aromatic carbocycles. The number of ketones is 2. The zero-order valence-electron chi connectivity index (χ0n) is 6.11. The number of aliphatic imine (C=N–C) groups is 1. The van der Waals surface area contributed by atoms with Crippen LogP contribution in [0.15, 0.2) is 28.4 Å². The molecule has 0 atom stereocenters. The third-order valence-corrected chi connectivity index (χ3v) is 1.68. The van der Waals surface area contributed by atoms with E-state index in [0.717, 1.165) is 0 Å². The number of carbonyl (C=O) groups excluding carboxylic acids is 2. The molecule has 1 aliphatic carbocycles. The summed E-state index contributed by atoms with van der Waals surface area (Å²) in [5.74, 6) is -0.250. The van der Waals surface area contributed by atoms with Gasteiger partial charge in [-0.05, 0) is 6.08 Å². The van der Waals surface area contributed by atoms with E-state index < -0.39 is 0 Å². The van der Waals surface area contributed by atoms with Crippen LogP contribution >= 0.6 is 12.4 Å². The highest BCUT2D eigenvalue weighted by Crippen LogP contribution is 2.21. The second-order valence-corrected chi connectivity index (χ2v) is 2.49. The fourth-order valence-corrected chi connectivity index (χ4v) is 1.16. The van der Waals surface area contributed by atoms with Gasteiger partial charge in [0, 0.05) is 23.6 Å². The third-order valence-electron chi connectivity index (χ3n) is 1.68. The smallest absolute Gasteiger partial charge is 0.172 e. The number of halogens is 1. The first-order valence-electron chi connectivity index (χ1n) is 3.29. The molecular formula is C8H6ClNO2. The molecule has 0 aromatic heterocycles. The highest BCUT2D eigenvalue weighted by atomic mass is 35.5. The first kappa shape index (κ1) is 8.87. The molecule has 0 saturated carbocycles. The second-order valence-electron chi connectivity index (χ2n) is 2.49. The molecule has 0 fully saturated rings. The van der Waals surface area contributed by atoms with Crippen molar-refractivity contribution < 1.29 is 9.59 Å². The molecule has 0 aromatic rings. The number of hydrogen-bond donors (Lipinski definition) is 0. The monoisotopic (exact) mass is 183 g/mol. The Hall–Kier alpha value is -1.22. The van der Waals surface area contributed by atoms with Gasteiger partial charge in [0.1, 0.15) is 0 Å². The summed E-state index contributed by atoms with van der Waals surface area (Å²) >= 11 is 0. The van der Waals surface area contributed by atoms with Gasteiger partial charge in [-0.3, -0.25) is 14.6 Å². The molecule has 0 saturated heterocycles. The van der Waals surface area contributed by atoms with Crippen molar-refractivity contribution in [1.29, 1.82) is 0 Å². The Morgan fingerprint density at radius 3 is 2.83 bits per heavy atom. The number of rotatable bonds is 0. The van der Waals surface area contributed by atoms with Crippen LogP contribution in [0.1, 0.15) is 6.42 Å². The van der Waals surface area contributed by atoms with Gasteiger partial charge in [-0.15, -0.1) is 12.4 Å². The molecular weight excluding hydrogens is 178 g/mol. The van der Waals surface area contributed by atoms with Crippen molar-refractivity contribution in [3.63, 3.8) is 0 Å². The Bertz CT molecular complexity index is 339. The lowest BCUT2D eigenvalue weighted by molar-refractivity contribution is -0.122. The number of fused-ring (bicyclic) bond motifs is 1. The van der Waals surface area contributed by atoms with Crippen LogP contribution in [0.5, 0.6) is 0 Å². The molecule has 2 aliphatic rings. The van der Waals surface area contributed by atoms with Gasteiger partial charge in [0.25, 0.3) is 0 Å². The Morgan fingerprint density at radius 1 is 1.33 bits per heavy atom. The van der Waals surface area contributed by atoms with Crippen LogP contribution in [0.4, 0.5) is 0 Å². The zero-order chi connectivity index (χ0) is 7.84. The van der Waals surface area contributed by atoms with E-state index in [4.69, 9.17) is 0 Å². The molecule has 1 aliphatic heterocycles. The lowest BCUT2D eigenvalue weighted by Crippen LogP contribution is -2.15. The van der Waals surface area contributed by atoms with Crippen molar-refractivity contribution in [3.05, 3.63) is 23.4 Å². The minimum absolute atomic E-state index is 0. The zero-order valence-corrected chi connectivity index (χ0v) is 6.93. The molecule has 0 unspecified atom stereocenters. The molecule has 0 amide bonds. The van der Waals surface area contributed by atoms with Crippen molar-refractivity contribution in [3.8, 4) is 0 Å². The summed E-state index contributed by atoms with van der Waals surface area (Å²) in [6.07, 6.45) is 4.49. The first-order chi connectivity index (χ1) is 5.27. The molecule has 0 N–H and O–H groups in total. The van der Waals surface area contributed by atoms with Gasteiger partial charge in [-0.1, -0.05) is 0 Å². The van der Waals surface area contributed by atoms with Crippen LogP contribution in [0.2, 0.25) is 0 Å². The highest BCUT2D eigenvalue weighted by Gasteiger charge is 2.23. The number of carbonyl (C=O) groups is 2. The van der Waals surface area contributed by atoms with Gasteiger partial charge >= 0.3 is 0 Å². The van der Waals surface area contributed by atoms with Crippen molar-refractivity contribution >= 4 is 30.2 Å². The summed E-state index contributed by atoms with van der Waals surface area (Å²) in [5, 5.41) is 0. The predicted octanol–water partition coefficient (Wildman–Crippen LogP) is 0.845. The molecule has 0 radical (unpaired) electrons. The molecule has 62 valence electrons. The summed E-state index contributed by atoms with van der Waals surface area (Å²) in [6.45, 7) is 0. The lowest BCUT2D eigenvalue weighted by atomic mass is 9.94. The van der Waals surface area contributed by atoms with E-state index in [9.17, 15) is 9.59 Å². The Labute approximate surface area is 75.3 Å². The van der Waals surface area contributed by atoms with Crippen LogP contribution in [0.3, 0.4) is 0 Å². The molecule has 0 bridgehead atoms. The number of nitrogens with zero attached hydrogens (tertiary/aromatic N) is 1. The maximum atomic E-state index is 11.1.